The number of carbonyl (C=O) groups is 2. The molecule has 1 rings (SSSR count). The molecule has 0 saturated carbocycles. The molecule has 0 saturated heterocycles. The Labute approximate surface area is 102 Å². The lowest BCUT2D eigenvalue weighted by Crippen LogP contribution is -1.99. The summed E-state index contributed by atoms with van der Waals surface area (Å²) in [5.74, 6) is -0.965. The highest BCUT2D eigenvalue weighted by Gasteiger charge is 2.06. The van der Waals surface area contributed by atoms with Gasteiger partial charge in [0.05, 0.1) is 0 Å². The summed E-state index contributed by atoms with van der Waals surface area (Å²) in [7, 11) is 0. The van der Waals surface area contributed by atoms with Crippen molar-refractivity contribution in [2.75, 3.05) is 0 Å². The van der Waals surface area contributed by atoms with Crippen LogP contribution in [-0.2, 0) is 16.0 Å². The van der Waals surface area contributed by atoms with E-state index in [1.54, 1.807) is 0 Å². The Morgan fingerprint density at radius 1 is 1.44 bits per heavy atom. The van der Waals surface area contributed by atoms with Gasteiger partial charge in [0.15, 0.2) is 0 Å². The summed E-state index contributed by atoms with van der Waals surface area (Å²) >= 11 is 3.33. The van der Waals surface area contributed by atoms with Gasteiger partial charge in [0, 0.05) is 17.0 Å². The fourth-order valence-corrected chi connectivity index (χ4v) is 1.88. The van der Waals surface area contributed by atoms with E-state index in [4.69, 9.17) is 5.11 Å². The predicted octanol–water partition coefficient (Wildman–Crippen LogP) is 2.68. The van der Waals surface area contributed by atoms with Crippen LogP contribution in [0.25, 0.3) is 6.08 Å². The van der Waals surface area contributed by atoms with Crippen LogP contribution in [0, 0.1) is 0 Å². The number of rotatable bonds is 4. The Kier molecular flexibility index (Phi) is 4.43. The van der Waals surface area contributed by atoms with E-state index in [1.807, 2.05) is 18.2 Å². The molecular formula is C12H11BrO3. The summed E-state index contributed by atoms with van der Waals surface area (Å²) in [5.41, 5.74) is 1.56. The summed E-state index contributed by atoms with van der Waals surface area (Å²) in [4.78, 5) is 21.5. The van der Waals surface area contributed by atoms with Crippen LogP contribution >= 0.6 is 15.9 Å². The molecular weight excluding hydrogens is 272 g/mol. The minimum absolute atomic E-state index is 0.0445. The number of halogens is 1. The van der Waals surface area contributed by atoms with Gasteiger partial charge in [0.2, 0.25) is 0 Å². The summed E-state index contributed by atoms with van der Waals surface area (Å²) in [5, 5.41) is 8.57. The van der Waals surface area contributed by atoms with E-state index in [0.29, 0.717) is 6.42 Å². The quantitative estimate of drug-likeness (QED) is 0.864. The third-order valence-corrected chi connectivity index (χ3v) is 2.67. The molecule has 4 heteroatoms. The fraction of sp³-hybridized carbons (Fsp3) is 0.167. The maximum Gasteiger partial charge on any atom is 0.328 e. The Hall–Kier alpha value is -1.42. The second-order valence-corrected chi connectivity index (χ2v) is 4.22. The van der Waals surface area contributed by atoms with Crippen molar-refractivity contribution in [1.29, 1.82) is 0 Å². The van der Waals surface area contributed by atoms with E-state index < -0.39 is 5.97 Å². The average molecular weight is 283 g/mol. The van der Waals surface area contributed by atoms with Crippen LogP contribution in [0.1, 0.15) is 18.1 Å². The summed E-state index contributed by atoms with van der Waals surface area (Å²) in [6.45, 7) is 1.51. The van der Waals surface area contributed by atoms with Crippen LogP contribution in [0.3, 0.4) is 0 Å². The van der Waals surface area contributed by atoms with Crippen LogP contribution in [-0.4, -0.2) is 16.9 Å². The predicted molar refractivity (Wildman–Crippen MR) is 65.2 cm³/mol. The molecule has 0 atom stereocenters. The van der Waals surface area contributed by atoms with E-state index in [2.05, 4.69) is 15.9 Å². The zero-order valence-electron chi connectivity index (χ0n) is 8.74. The normalized spacial score (nSPS) is 10.6. The SMILES string of the molecule is CC(=O)Cc1cccc(Br)c1/C=C/C(=O)O. The molecule has 84 valence electrons. The largest absolute Gasteiger partial charge is 0.478 e. The van der Waals surface area contributed by atoms with Gasteiger partial charge in [-0.1, -0.05) is 28.1 Å². The van der Waals surface area contributed by atoms with Gasteiger partial charge in [-0.15, -0.1) is 0 Å². The second-order valence-electron chi connectivity index (χ2n) is 3.36. The summed E-state index contributed by atoms with van der Waals surface area (Å²) in [6, 6.07) is 5.44. The van der Waals surface area contributed by atoms with E-state index in [9.17, 15) is 9.59 Å². The number of ketones is 1. The molecule has 0 spiro atoms. The van der Waals surface area contributed by atoms with Crippen molar-refractivity contribution in [2.45, 2.75) is 13.3 Å². The Morgan fingerprint density at radius 2 is 2.12 bits per heavy atom. The first kappa shape index (κ1) is 12.6. The molecule has 1 aromatic rings. The number of carboxylic acid groups (broad SMARTS) is 1. The van der Waals surface area contributed by atoms with Gasteiger partial charge in [0.25, 0.3) is 0 Å². The second kappa shape index (κ2) is 5.61. The van der Waals surface area contributed by atoms with Gasteiger partial charge in [-0.2, -0.15) is 0 Å². The minimum Gasteiger partial charge on any atom is -0.478 e. The molecule has 0 aliphatic rings. The number of benzene rings is 1. The molecule has 0 radical (unpaired) electrons. The lowest BCUT2D eigenvalue weighted by Gasteiger charge is -2.05. The third-order valence-electron chi connectivity index (χ3n) is 1.98. The lowest BCUT2D eigenvalue weighted by atomic mass is 10.0. The maximum absolute atomic E-state index is 11.1. The van der Waals surface area contributed by atoms with Crippen molar-refractivity contribution in [3.63, 3.8) is 0 Å². The van der Waals surface area contributed by atoms with Crippen molar-refractivity contribution in [1.82, 2.24) is 0 Å². The van der Waals surface area contributed by atoms with Crippen molar-refractivity contribution in [3.8, 4) is 0 Å². The van der Waals surface area contributed by atoms with E-state index in [0.717, 1.165) is 21.7 Å². The van der Waals surface area contributed by atoms with Crippen LogP contribution in [0.15, 0.2) is 28.7 Å². The first-order valence-corrected chi connectivity index (χ1v) is 5.48. The standard InChI is InChI=1S/C12H11BrO3/c1-8(14)7-9-3-2-4-11(13)10(9)5-6-12(15)16/h2-6H,7H2,1H3,(H,15,16)/b6-5+. The summed E-state index contributed by atoms with van der Waals surface area (Å²) < 4.78 is 0.781. The van der Waals surface area contributed by atoms with Gasteiger partial charge >= 0.3 is 5.97 Å². The molecule has 0 aliphatic heterocycles. The van der Waals surface area contributed by atoms with Crippen molar-refractivity contribution in [3.05, 3.63) is 39.9 Å². The highest BCUT2D eigenvalue weighted by Crippen LogP contribution is 2.22. The highest BCUT2D eigenvalue weighted by atomic mass is 79.9. The van der Waals surface area contributed by atoms with Crippen molar-refractivity contribution in [2.24, 2.45) is 0 Å². The van der Waals surface area contributed by atoms with E-state index >= 15 is 0 Å². The van der Waals surface area contributed by atoms with Crippen LogP contribution in [0.2, 0.25) is 0 Å². The zero-order valence-corrected chi connectivity index (χ0v) is 10.3. The molecule has 0 unspecified atom stereocenters. The summed E-state index contributed by atoms with van der Waals surface area (Å²) in [6.07, 6.45) is 2.85. The van der Waals surface area contributed by atoms with Gasteiger partial charge < -0.3 is 5.11 Å². The van der Waals surface area contributed by atoms with Crippen LogP contribution < -0.4 is 0 Å². The molecule has 0 aromatic heterocycles. The molecule has 0 bridgehead atoms. The Balaban J connectivity index is 3.12. The number of hydrogen-bond donors (Lipinski definition) is 1. The third kappa shape index (κ3) is 3.62. The topological polar surface area (TPSA) is 54.4 Å². The molecule has 0 aliphatic carbocycles. The fourth-order valence-electron chi connectivity index (χ4n) is 1.35. The molecule has 16 heavy (non-hydrogen) atoms. The van der Waals surface area contributed by atoms with Crippen LogP contribution in [0.5, 0.6) is 0 Å². The van der Waals surface area contributed by atoms with Gasteiger partial charge in [-0.3, -0.25) is 4.79 Å². The first-order chi connectivity index (χ1) is 7.50. The molecule has 0 heterocycles. The van der Waals surface area contributed by atoms with E-state index in [-0.39, 0.29) is 5.78 Å². The number of carbonyl (C=O) groups excluding carboxylic acids is 1. The Bertz CT molecular complexity index is 450. The van der Waals surface area contributed by atoms with Gasteiger partial charge in [-0.05, 0) is 30.2 Å². The number of Topliss-reactive ketones (excluding diaryl/α,β-unsaturated/α-hetero) is 1. The molecule has 0 fully saturated rings. The van der Waals surface area contributed by atoms with Crippen molar-refractivity contribution < 1.29 is 14.7 Å². The smallest absolute Gasteiger partial charge is 0.328 e. The first-order valence-electron chi connectivity index (χ1n) is 4.68. The van der Waals surface area contributed by atoms with Gasteiger partial charge in [-0.25, -0.2) is 4.79 Å². The number of aliphatic carboxylic acids is 1. The highest BCUT2D eigenvalue weighted by molar-refractivity contribution is 9.10. The molecule has 3 nitrogen and oxygen atoms in total. The lowest BCUT2D eigenvalue weighted by molar-refractivity contribution is -0.131. The molecule has 1 aromatic carbocycles. The number of carboxylic acids is 1. The van der Waals surface area contributed by atoms with Crippen LogP contribution in [0.4, 0.5) is 0 Å². The monoisotopic (exact) mass is 282 g/mol. The number of hydrogen-bond acceptors (Lipinski definition) is 2. The Morgan fingerprint density at radius 3 is 2.69 bits per heavy atom. The average Bonchev–Trinajstić information content (AvgIpc) is 2.15. The maximum atomic E-state index is 11.1. The molecule has 0 amide bonds. The van der Waals surface area contributed by atoms with E-state index in [1.165, 1.54) is 13.0 Å². The zero-order chi connectivity index (χ0) is 12.1. The molecule has 1 N–H and O–H groups in total. The van der Waals surface area contributed by atoms with Gasteiger partial charge in [0.1, 0.15) is 5.78 Å². The van der Waals surface area contributed by atoms with Crippen molar-refractivity contribution >= 4 is 33.8 Å². The minimum atomic E-state index is -1.01.